The van der Waals surface area contributed by atoms with Crippen molar-refractivity contribution in [2.45, 2.75) is 33.1 Å². The van der Waals surface area contributed by atoms with Crippen LogP contribution in [-0.4, -0.2) is 23.4 Å². The van der Waals surface area contributed by atoms with E-state index in [1.807, 2.05) is 0 Å². The van der Waals surface area contributed by atoms with Crippen LogP contribution >= 0.6 is 0 Å². The Balaban J connectivity index is 3.35. The van der Waals surface area contributed by atoms with Crippen molar-refractivity contribution in [3.63, 3.8) is 0 Å². The summed E-state index contributed by atoms with van der Waals surface area (Å²) in [5.41, 5.74) is 0. The average Bonchev–Trinajstić information content (AvgIpc) is 1.97. The Kier molecular flexibility index (Phi) is 6.57. The first-order valence-corrected chi connectivity index (χ1v) is 4.42. The van der Waals surface area contributed by atoms with Gasteiger partial charge in [0.15, 0.2) is 0 Å². The van der Waals surface area contributed by atoms with Gasteiger partial charge in [0.05, 0.1) is 0 Å². The molecule has 2 heteroatoms. The fourth-order valence-electron chi connectivity index (χ4n) is 1.08. The highest BCUT2D eigenvalue weighted by Gasteiger charge is 2.06. The molecule has 0 radical (unpaired) electrons. The van der Waals surface area contributed by atoms with Crippen LogP contribution in [0.3, 0.4) is 0 Å². The summed E-state index contributed by atoms with van der Waals surface area (Å²) in [5.74, 6) is 1.00. The molecule has 0 aliphatic rings. The number of rotatable bonds is 6. The molecule has 0 saturated heterocycles. The second-order valence-corrected chi connectivity index (χ2v) is 3.53. The van der Waals surface area contributed by atoms with E-state index < -0.39 is 0 Å². The molecule has 0 rings (SSSR count). The van der Waals surface area contributed by atoms with Gasteiger partial charge in [-0.15, -0.1) is 0 Å². The van der Waals surface area contributed by atoms with E-state index in [-0.39, 0.29) is 13.2 Å². The molecule has 0 aliphatic carbocycles. The van der Waals surface area contributed by atoms with E-state index in [9.17, 15) is 0 Å². The van der Waals surface area contributed by atoms with Crippen molar-refractivity contribution in [2.75, 3.05) is 13.2 Å². The van der Waals surface area contributed by atoms with Gasteiger partial charge in [0.1, 0.15) is 0 Å². The van der Waals surface area contributed by atoms with Gasteiger partial charge in [0.2, 0.25) is 0 Å². The van der Waals surface area contributed by atoms with E-state index >= 15 is 0 Å². The molecule has 11 heavy (non-hydrogen) atoms. The highest BCUT2D eigenvalue weighted by molar-refractivity contribution is 4.58. The van der Waals surface area contributed by atoms with Crippen molar-refractivity contribution < 1.29 is 10.2 Å². The Labute approximate surface area is 69.2 Å². The second kappa shape index (κ2) is 6.62. The molecule has 1 atom stereocenters. The minimum absolute atomic E-state index is 0.198. The SMILES string of the molecule is CC(C)CCC(CO)CCO. The third-order valence-electron chi connectivity index (χ3n) is 1.95. The van der Waals surface area contributed by atoms with Crippen molar-refractivity contribution >= 4 is 0 Å². The number of hydrogen-bond donors (Lipinski definition) is 2. The molecule has 68 valence electrons. The zero-order valence-electron chi connectivity index (χ0n) is 7.58. The van der Waals surface area contributed by atoms with Gasteiger partial charge in [-0.2, -0.15) is 0 Å². The number of aliphatic hydroxyl groups excluding tert-OH is 2. The molecule has 0 aromatic rings. The summed E-state index contributed by atoms with van der Waals surface area (Å²) in [7, 11) is 0. The summed E-state index contributed by atoms with van der Waals surface area (Å²) in [6, 6.07) is 0. The Hall–Kier alpha value is -0.0800. The molecule has 0 heterocycles. The Morgan fingerprint density at radius 1 is 1.00 bits per heavy atom. The minimum atomic E-state index is 0.198. The lowest BCUT2D eigenvalue weighted by atomic mass is 9.96. The topological polar surface area (TPSA) is 40.5 Å². The van der Waals surface area contributed by atoms with Gasteiger partial charge < -0.3 is 10.2 Å². The van der Waals surface area contributed by atoms with E-state index in [0.29, 0.717) is 11.8 Å². The summed E-state index contributed by atoms with van der Waals surface area (Å²) in [4.78, 5) is 0. The first kappa shape index (κ1) is 10.9. The molecule has 1 unspecified atom stereocenters. The normalized spacial score (nSPS) is 13.9. The predicted molar refractivity (Wildman–Crippen MR) is 46.4 cm³/mol. The second-order valence-electron chi connectivity index (χ2n) is 3.53. The van der Waals surface area contributed by atoms with Crippen LogP contribution in [0.2, 0.25) is 0 Å². The molecular weight excluding hydrogens is 140 g/mol. The summed E-state index contributed by atoms with van der Waals surface area (Å²) >= 11 is 0. The predicted octanol–water partition coefficient (Wildman–Crippen LogP) is 1.41. The van der Waals surface area contributed by atoms with Crippen LogP contribution < -0.4 is 0 Å². The fraction of sp³-hybridized carbons (Fsp3) is 1.00. The molecule has 0 aromatic heterocycles. The van der Waals surface area contributed by atoms with Crippen LogP contribution in [0.4, 0.5) is 0 Å². The van der Waals surface area contributed by atoms with Crippen molar-refractivity contribution in [1.29, 1.82) is 0 Å². The van der Waals surface area contributed by atoms with Gasteiger partial charge in [0, 0.05) is 13.2 Å². The number of aliphatic hydroxyl groups is 2. The largest absolute Gasteiger partial charge is 0.396 e. The standard InChI is InChI=1S/C9H20O2/c1-8(2)3-4-9(7-11)5-6-10/h8-11H,3-7H2,1-2H3. The van der Waals surface area contributed by atoms with Crippen LogP contribution in [-0.2, 0) is 0 Å². The maximum absolute atomic E-state index is 8.86. The maximum Gasteiger partial charge on any atom is 0.0460 e. The van der Waals surface area contributed by atoms with E-state index in [2.05, 4.69) is 13.8 Å². The van der Waals surface area contributed by atoms with E-state index in [0.717, 1.165) is 19.3 Å². The van der Waals surface area contributed by atoms with Crippen molar-refractivity contribution in [2.24, 2.45) is 11.8 Å². The minimum Gasteiger partial charge on any atom is -0.396 e. The van der Waals surface area contributed by atoms with Gasteiger partial charge in [-0.1, -0.05) is 20.3 Å². The fourth-order valence-corrected chi connectivity index (χ4v) is 1.08. The molecule has 2 N–H and O–H groups in total. The molecule has 0 spiro atoms. The van der Waals surface area contributed by atoms with E-state index in [4.69, 9.17) is 10.2 Å². The molecule has 0 aromatic carbocycles. The molecule has 2 nitrogen and oxygen atoms in total. The zero-order chi connectivity index (χ0) is 8.69. The molecule has 0 saturated carbocycles. The third kappa shape index (κ3) is 6.32. The quantitative estimate of drug-likeness (QED) is 0.617. The van der Waals surface area contributed by atoms with E-state index in [1.54, 1.807) is 0 Å². The summed E-state index contributed by atoms with van der Waals surface area (Å²) in [5, 5.41) is 17.5. The van der Waals surface area contributed by atoms with Crippen molar-refractivity contribution in [3.8, 4) is 0 Å². The Morgan fingerprint density at radius 3 is 2.00 bits per heavy atom. The lowest BCUT2D eigenvalue weighted by Crippen LogP contribution is -2.09. The first-order chi connectivity index (χ1) is 5.20. The summed E-state index contributed by atoms with van der Waals surface area (Å²) in [6.45, 7) is 4.76. The first-order valence-electron chi connectivity index (χ1n) is 4.42. The van der Waals surface area contributed by atoms with Gasteiger partial charge in [-0.3, -0.25) is 0 Å². The van der Waals surface area contributed by atoms with Crippen LogP contribution in [0.1, 0.15) is 33.1 Å². The lowest BCUT2D eigenvalue weighted by molar-refractivity contribution is 0.172. The van der Waals surface area contributed by atoms with Gasteiger partial charge >= 0.3 is 0 Å². The van der Waals surface area contributed by atoms with Gasteiger partial charge in [-0.05, 0) is 24.7 Å². The van der Waals surface area contributed by atoms with Crippen LogP contribution in [0.5, 0.6) is 0 Å². The molecule has 0 amide bonds. The summed E-state index contributed by atoms with van der Waals surface area (Å²) < 4.78 is 0. The molecule has 0 bridgehead atoms. The van der Waals surface area contributed by atoms with Crippen LogP contribution in [0.25, 0.3) is 0 Å². The smallest absolute Gasteiger partial charge is 0.0460 e. The lowest BCUT2D eigenvalue weighted by Gasteiger charge is -2.13. The van der Waals surface area contributed by atoms with Crippen LogP contribution in [0.15, 0.2) is 0 Å². The van der Waals surface area contributed by atoms with Gasteiger partial charge in [0.25, 0.3) is 0 Å². The van der Waals surface area contributed by atoms with E-state index in [1.165, 1.54) is 0 Å². The van der Waals surface area contributed by atoms with Crippen molar-refractivity contribution in [1.82, 2.24) is 0 Å². The Morgan fingerprint density at radius 2 is 1.64 bits per heavy atom. The Bertz CT molecular complexity index is 81.6. The van der Waals surface area contributed by atoms with Gasteiger partial charge in [-0.25, -0.2) is 0 Å². The van der Waals surface area contributed by atoms with Crippen LogP contribution in [0, 0.1) is 11.8 Å². The molecule has 0 aliphatic heterocycles. The highest BCUT2D eigenvalue weighted by atomic mass is 16.3. The van der Waals surface area contributed by atoms with Crippen molar-refractivity contribution in [3.05, 3.63) is 0 Å². The maximum atomic E-state index is 8.86. The molecule has 0 fully saturated rings. The molecular formula is C9H20O2. The highest BCUT2D eigenvalue weighted by Crippen LogP contribution is 2.14. The monoisotopic (exact) mass is 160 g/mol. The average molecular weight is 160 g/mol. The zero-order valence-corrected chi connectivity index (χ0v) is 7.58. The number of hydrogen-bond acceptors (Lipinski definition) is 2. The summed E-state index contributed by atoms with van der Waals surface area (Å²) in [6.07, 6.45) is 2.92. The third-order valence-corrected chi connectivity index (χ3v) is 1.95.